The van der Waals surface area contributed by atoms with E-state index in [1.165, 1.54) is 0 Å². The Hall–Kier alpha value is -2.48. The molecule has 1 aliphatic carbocycles. The van der Waals surface area contributed by atoms with E-state index in [4.69, 9.17) is 25.8 Å². The Morgan fingerprint density at radius 2 is 1.85 bits per heavy atom. The average molecular weight is 477 g/mol. The number of halogens is 1. The fraction of sp³-hybridized carbons (Fsp3) is 0.480. The zero-order chi connectivity index (χ0) is 24.2. The lowest BCUT2D eigenvalue weighted by atomic mass is 10.1. The SMILES string of the molecule is COc1ccc(CN(C)[C@@H]2[C@@H](O)[C@H](Oc3ccccc3Cl)C[C@H]2NC(=O)OC(C)(C)C)cc1. The van der Waals surface area contributed by atoms with Gasteiger partial charge in [-0.2, -0.15) is 0 Å². The van der Waals surface area contributed by atoms with E-state index in [0.29, 0.717) is 23.7 Å². The third-order valence-electron chi connectivity index (χ3n) is 5.55. The van der Waals surface area contributed by atoms with E-state index in [9.17, 15) is 9.90 Å². The van der Waals surface area contributed by atoms with Gasteiger partial charge in [-0.1, -0.05) is 35.9 Å². The predicted octanol–water partition coefficient (Wildman–Crippen LogP) is 4.25. The molecule has 3 rings (SSSR count). The van der Waals surface area contributed by atoms with E-state index < -0.39 is 29.9 Å². The van der Waals surface area contributed by atoms with Crippen molar-refractivity contribution in [2.75, 3.05) is 14.2 Å². The number of benzene rings is 2. The Labute approximate surface area is 200 Å². The summed E-state index contributed by atoms with van der Waals surface area (Å²) in [5, 5.41) is 14.6. The molecule has 0 spiro atoms. The summed E-state index contributed by atoms with van der Waals surface area (Å²) in [6.45, 7) is 6.00. The van der Waals surface area contributed by atoms with Crippen LogP contribution in [0.1, 0.15) is 32.8 Å². The molecular formula is C25H33ClN2O5. The third-order valence-corrected chi connectivity index (χ3v) is 5.86. The number of amides is 1. The van der Waals surface area contributed by atoms with Gasteiger partial charge >= 0.3 is 6.09 Å². The monoisotopic (exact) mass is 476 g/mol. The summed E-state index contributed by atoms with van der Waals surface area (Å²) in [6, 6.07) is 14.1. The van der Waals surface area contributed by atoms with Gasteiger partial charge in [-0.05, 0) is 57.6 Å². The van der Waals surface area contributed by atoms with Crippen molar-refractivity contribution in [2.45, 2.75) is 63.6 Å². The van der Waals surface area contributed by atoms with Gasteiger partial charge in [-0.25, -0.2) is 4.79 Å². The van der Waals surface area contributed by atoms with Crippen molar-refractivity contribution in [3.05, 3.63) is 59.1 Å². The van der Waals surface area contributed by atoms with Gasteiger partial charge in [-0.15, -0.1) is 0 Å². The van der Waals surface area contributed by atoms with Crippen LogP contribution in [-0.4, -0.2) is 60.1 Å². The van der Waals surface area contributed by atoms with Crippen LogP contribution in [0.2, 0.25) is 5.02 Å². The Morgan fingerprint density at radius 1 is 1.18 bits per heavy atom. The molecular weight excluding hydrogens is 444 g/mol. The number of methoxy groups -OCH3 is 1. The summed E-state index contributed by atoms with van der Waals surface area (Å²) in [4.78, 5) is 14.5. The predicted molar refractivity (Wildman–Crippen MR) is 128 cm³/mol. The van der Waals surface area contributed by atoms with E-state index in [1.807, 2.05) is 69.1 Å². The first kappa shape index (κ1) is 25.1. The number of alkyl carbamates (subject to hydrolysis) is 1. The number of carbonyl (C=O) groups is 1. The number of hydrogen-bond donors (Lipinski definition) is 2. The van der Waals surface area contributed by atoms with Gasteiger partial charge in [0.25, 0.3) is 0 Å². The van der Waals surface area contributed by atoms with Crippen LogP contribution in [-0.2, 0) is 11.3 Å². The van der Waals surface area contributed by atoms with E-state index in [0.717, 1.165) is 11.3 Å². The first-order valence-corrected chi connectivity index (χ1v) is 11.4. The lowest BCUT2D eigenvalue weighted by Gasteiger charge is -2.32. The summed E-state index contributed by atoms with van der Waals surface area (Å²) >= 11 is 6.26. The molecule has 4 atom stereocenters. The number of nitrogens with one attached hydrogen (secondary N) is 1. The largest absolute Gasteiger partial charge is 0.497 e. The zero-order valence-corrected chi connectivity index (χ0v) is 20.5. The van der Waals surface area contributed by atoms with Gasteiger partial charge in [0.2, 0.25) is 0 Å². The number of hydrogen-bond acceptors (Lipinski definition) is 6. The molecule has 1 saturated carbocycles. The second-order valence-electron chi connectivity index (χ2n) is 9.32. The van der Waals surface area contributed by atoms with Crippen molar-refractivity contribution in [3.63, 3.8) is 0 Å². The van der Waals surface area contributed by atoms with Crippen molar-refractivity contribution in [1.29, 1.82) is 0 Å². The highest BCUT2D eigenvalue weighted by Crippen LogP contribution is 2.32. The quantitative estimate of drug-likeness (QED) is 0.621. The number of likely N-dealkylation sites (N-methyl/N-ethyl adjacent to an activating group) is 1. The number of carbonyl (C=O) groups excluding carboxylic acids is 1. The number of aliphatic hydroxyl groups excluding tert-OH is 1. The highest BCUT2D eigenvalue weighted by Gasteiger charge is 2.47. The minimum atomic E-state index is -0.857. The van der Waals surface area contributed by atoms with Crippen LogP contribution < -0.4 is 14.8 Å². The molecule has 0 unspecified atom stereocenters. The Morgan fingerprint density at radius 3 is 2.45 bits per heavy atom. The van der Waals surface area contributed by atoms with Crippen LogP contribution in [0.4, 0.5) is 4.79 Å². The fourth-order valence-electron chi connectivity index (χ4n) is 4.10. The van der Waals surface area contributed by atoms with E-state index in [1.54, 1.807) is 19.2 Å². The van der Waals surface area contributed by atoms with Gasteiger partial charge in [0, 0.05) is 13.0 Å². The molecule has 0 bridgehead atoms. The first-order chi connectivity index (χ1) is 15.6. The molecule has 2 aromatic rings. The summed E-state index contributed by atoms with van der Waals surface area (Å²) in [7, 11) is 3.54. The van der Waals surface area contributed by atoms with Crippen LogP contribution in [0.25, 0.3) is 0 Å². The number of rotatable bonds is 7. The summed E-state index contributed by atoms with van der Waals surface area (Å²) in [5.74, 6) is 1.28. The molecule has 1 amide bonds. The van der Waals surface area contributed by atoms with E-state index in [-0.39, 0.29) is 6.04 Å². The van der Waals surface area contributed by atoms with Crippen molar-refractivity contribution < 1.29 is 24.1 Å². The van der Waals surface area contributed by atoms with Crippen molar-refractivity contribution in [2.24, 2.45) is 0 Å². The highest BCUT2D eigenvalue weighted by molar-refractivity contribution is 6.32. The normalized spacial score (nSPS) is 22.8. The van der Waals surface area contributed by atoms with Crippen LogP contribution in [0, 0.1) is 0 Å². The second kappa shape index (κ2) is 10.6. The molecule has 0 aliphatic heterocycles. The van der Waals surface area contributed by atoms with Crippen molar-refractivity contribution >= 4 is 17.7 Å². The highest BCUT2D eigenvalue weighted by atomic mass is 35.5. The molecule has 0 aromatic heterocycles. The van der Waals surface area contributed by atoms with Gasteiger partial charge in [0.1, 0.15) is 29.3 Å². The standard InChI is InChI=1S/C25H33ClN2O5/c1-25(2,3)33-24(30)27-19-14-21(32-20-9-7-6-8-18(20)26)23(29)22(19)28(4)15-16-10-12-17(31-5)13-11-16/h6-13,19,21-23,29H,14-15H2,1-5H3,(H,27,30)/t19-,21-,22+,23+/m1/s1. The van der Waals surface area contributed by atoms with E-state index >= 15 is 0 Å². The maximum Gasteiger partial charge on any atom is 0.407 e. The van der Waals surface area contributed by atoms with E-state index in [2.05, 4.69) is 5.32 Å². The Bertz CT molecular complexity index is 931. The molecule has 8 heteroatoms. The smallest absolute Gasteiger partial charge is 0.407 e. The second-order valence-corrected chi connectivity index (χ2v) is 9.73. The molecule has 180 valence electrons. The minimum Gasteiger partial charge on any atom is -0.497 e. The molecule has 0 radical (unpaired) electrons. The molecule has 0 saturated heterocycles. The number of nitrogens with zero attached hydrogens (tertiary/aromatic N) is 1. The first-order valence-electron chi connectivity index (χ1n) is 11.0. The Kier molecular flexibility index (Phi) is 8.10. The van der Waals surface area contributed by atoms with Gasteiger partial charge in [0.15, 0.2) is 0 Å². The van der Waals surface area contributed by atoms with Crippen LogP contribution >= 0.6 is 11.6 Å². The topological polar surface area (TPSA) is 80.3 Å². The Balaban J connectivity index is 1.78. The van der Waals surface area contributed by atoms with Gasteiger partial charge < -0.3 is 24.6 Å². The number of aliphatic hydroxyl groups is 1. The summed E-state index contributed by atoms with van der Waals surface area (Å²) in [6.07, 6.45) is -1.53. The lowest BCUT2D eigenvalue weighted by Crippen LogP contribution is -2.52. The third kappa shape index (κ3) is 6.76. The molecule has 2 aromatic carbocycles. The van der Waals surface area contributed by atoms with Gasteiger partial charge in [-0.3, -0.25) is 4.90 Å². The summed E-state index contributed by atoms with van der Waals surface area (Å²) < 4.78 is 16.8. The van der Waals surface area contributed by atoms with Crippen LogP contribution in [0.3, 0.4) is 0 Å². The minimum absolute atomic E-state index is 0.384. The van der Waals surface area contributed by atoms with Crippen LogP contribution in [0.5, 0.6) is 11.5 Å². The molecule has 7 nitrogen and oxygen atoms in total. The van der Waals surface area contributed by atoms with Crippen molar-refractivity contribution in [1.82, 2.24) is 10.2 Å². The molecule has 2 N–H and O–H groups in total. The number of ether oxygens (including phenoxy) is 3. The van der Waals surface area contributed by atoms with Gasteiger partial charge in [0.05, 0.1) is 24.2 Å². The number of para-hydroxylation sites is 1. The molecule has 0 heterocycles. The van der Waals surface area contributed by atoms with Crippen LogP contribution in [0.15, 0.2) is 48.5 Å². The van der Waals surface area contributed by atoms with Crippen molar-refractivity contribution in [3.8, 4) is 11.5 Å². The lowest BCUT2D eigenvalue weighted by molar-refractivity contribution is 0.0109. The molecule has 1 aliphatic rings. The zero-order valence-electron chi connectivity index (χ0n) is 19.7. The fourth-order valence-corrected chi connectivity index (χ4v) is 4.28. The molecule has 1 fully saturated rings. The summed E-state index contributed by atoms with van der Waals surface area (Å²) in [5.41, 5.74) is 0.427. The maximum atomic E-state index is 12.5. The average Bonchev–Trinajstić information content (AvgIpc) is 3.03. The maximum absolute atomic E-state index is 12.5. The molecule has 33 heavy (non-hydrogen) atoms.